The van der Waals surface area contributed by atoms with E-state index in [0.717, 1.165) is 38.5 Å². The highest BCUT2D eigenvalue weighted by atomic mass is 16.5. The zero-order valence-electron chi connectivity index (χ0n) is 15.3. The fraction of sp³-hybridized carbons (Fsp3) is 0.667. The van der Waals surface area contributed by atoms with Crippen LogP contribution < -0.4 is 10.6 Å². The second kappa shape index (κ2) is 9.11. The monoisotopic (exact) mass is 333 g/mol. The summed E-state index contributed by atoms with van der Waals surface area (Å²) in [5.41, 5.74) is 0.0617. The minimum atomic E-state index is 0.0617. The summed E-state index contributed by atoms with van der Waals surface area (Å²) in [5, 5.41) is 6.49. The Hall–Kier alpha value is -1.50. The molecule has 0 radical (unpaired) electrons. The van der Waals surface area contributed by atoms with Gasteiger partial charge in [-0.3, -0.25) is 10.3 Å². The van der Waals surface area contributed by atoms with Crippen molar-refractivity contribution in [3.05, 3.63) is 24.3 Å². The van der Waals surface area contributed by atoms with Crippen LogP contribution in [0.3, 0.4) is 0 Å². The SMILES string of the molecule is CNC/C=C/C=C\C(NC)N1C[C@@](C)(COC)C2CCN=CN=C21. The number of allylic oxidation sites excluding steroid dienone is 2. The molecule has 0 aromatic rings. The number of ether oxygens (including phenoxy) is 1. The summed E-state index contributed by atoms with van der Waals surface area (Å²) in [6.07, 6.45) is 11.3. The highest BCUT2D eigenvalue weighted by Gasteiger charge is 2.48. The lowest BCUT2D eigenvalue weighted by Crippen LogP contribution is -2.44. The Morgan fingerprint density at radius 1 is 1.46 bits per heavy atom. The van der Waals surface area contributed by atoms with Gasteiger partial charge in [-0.05, 0) is 26.6 Å². The molecule has 2 N–H and O–H groups in total. The fourth-order valence-corrected chi connectivity index (χ4v) is 3.60. The van der Waals surface area contributed by atoms with Gasteiger partial charge in [-0.1, -0.05) is 25.2 Å². The maximum atomic E-state index is 5.53. The molecule has 1 fully saturated rings. The first-order valence-corrected chi connectivity index (χ1v) is 8.63. The second-order valence-electron chi connectivity index (χ2n) is 6.67. The van der Waals surface area contributed by atoms with Crippen LogP contribution in [0.1, 0.15) is 13.3 Å². The lowest BCUT2D eigenvalue weighted by atomic mass is 9.78. The van der Waals surface area contributed by atoms with Gasteiger partial charge in [0.1, 0.15) is 12.2 Å². The van der Waals surface area contributed by atoms with Crippen molar-refractivity contribution in [3.8, 4) is 0 Å². The van der Waals surface area contributed by atoms with E-state index in [1.807, 2.05) is 14.1 Å². The summed E-state index contributed by atoms with van der Waals surface area (Å²) >= 11 is 0. The van der Waals surface area contributed by atoms with Crippen LogP contribution in [0.5, 0.6) is 0 Å². The zero-order chi connectivity index (χ0) is 17.4. The predicted molar refractivity (Wildman–Crippen MR) is 101 cm³/mol. The number of nitrogens with one attached hydrogen (secondary N) is 2. The van der Waals surface area contributed by atoms with Crippen LogP contribution in [0.4, 0.5) is 0 Å². The molecule has 6 heteroatoms. The van der Waals surface area contributed by atoms with E-state index in [2.05, 4.69) is 56.7 Å². The van der Waals surface area contributed by atoms with E-state index in [4.69, 9.17) is 4.74 Å². The molecule has 0 bridgehead atoms. The normalized spacial score (nSPS) is 28.4. The summed E-state index contributed by atoms with van der Waals surface area (Å²) in [5.74, 6) is 1.50. The van der Waals surface area contributed by atoms with Crippen LogP contribution in [0.15, 0.2) is 34.3 Å². The number of methoxy groups -OCH3 is 1. The molecule has 2 aliphatic rings. The Kier molecular flexibility index (Phi) is 7.15. The largest absolute Gasteiger partial charge is 0.384 e. The van der Waals surface area contributed by atoms with Crippen LogP contribution in [-0.4, -0.2) is 70.7 Å². The third kappa shape index (κ3) is 4.32. The minimum Gasteiger partial charge on any atom is -0.384 e. The van der Waals surface area contributed by atoms with Crippen LogP contribution >= 0.6 is 0 Å². The summed E-state index contributed by atoms with van der Waals surface area (Å²) in [6, 6.07) is 0. The van der Waals surface area contributed by atoms with Gasteiger partial charge in [0, 0.05) is 38.1 Å². The molecule has 24 heavy (non-hydrogen) atoms. The number of likely N-dealkylation sites (N-methyl/N-ethyl adjacent to an activating group) is 2. The maximum absolute atomic E-state index is 5.53. The third-order valence-electron chi connectivity index (χ3n) is 4.77. The Labute approximate surface area is 145 Å². The van der Waals surface area contributed by atoms with Gasteiger partial charge < -0.3 is 15.0 Å². The number of hydrogen-bond acceptors (Lipinski definition) is 6. The first kappa shape index (κ1) is 18.8. The minimum absolute atomic E-state index is 0.0617. The molecular formula is C18H31N5O. The first-order valence-electron chi connectivity index (χ1n) is 8.63. The molecule has 0 aromatic heterocycles. The van der Waals surface area contributed by atoms with Crippen LogP contribution in [0.2, 0.25) is 0 Å². The number of rotatable bonds is 8. The first-order chi connectivity index (χ1) is 11.7. The van der Waals surface area contributed by atoms with Crippen molar-refractivity contribution in [3.63, 3.8) is 0 Å². The van der Waals surface area contributed by atoms with Crippen LogP contribution in [-0.2, 0) is 4.74 Å². The van der Waals surface area contributed by atoms with Crippen molar-refractivity contribution < 1.29 is 4.74 Å². The van der Waals surface area contributed by atoms with Gasteiger partial charge >= 0.3 is 0 Å². The molecule has 134 valence electrons. The summed E-state index contributed by atoms with van der Waals surface area (Å²) in [7, 11) is 5.70. The summed E-state index contributed by atoms with van der Waals surface area (Å²) in [4.78, 5) is 11.4. The average molecular weight is 333 g/mol. The molecule has 2 heterocycles. The van der Waals surface area contributed by atoms with Gasteiger partial charge in [-0.2, -0.15) is 0 Å². The molecule has 0 amide bonds. The van der Waals surface area contributed by atoms with Crippen molar-refractivity contribution in [2.24, 2.45) is 21.3 Å². The van der Waals surface area contributed by atoms with Gasteiger partial charge in [0.2, 0.25) is 0 Å². The highest BCUT2D eigenvalue weighted by Crippen LogP contribution is 2.41. The van der Waals surface area contributed by atoms with E-state index in [1.165, 1.54) is 0 Å². The molecule has 1 saturated heterocycles. The van der Waals surface area contributed by atoms with E-state index in [0.29, 0.717) is 5.92 Å². The van der Waals surface area contributed by atoms with Gasteiger partial charge in [-0.25, -0.2) is 4.99 Å². The topological polar surface area (TPSA) is 61.2 Å². The predicted octanol–water partition coefficient (Wildman–Crippen LogP) is 1.28. The molecular weight excluding hydrogens is 302 g/mol. The smallest absolute Gasteiger partial charge is 0.111 e. The standard InChI is InChI=1S/C18H31N5O/c1-18(13-24-4)12-23(17-15(18)9-11-21-14-22-17)16(20-3)8-6-5-7-10-19-2/h5-8,14-16,19-20H,9-13H2,1-4H3/b7-5+,8-6-/t15?,16?,18-/m0/s1. The molecule has 2 unspecified atom stereocenters. The Morgan fingerprint density at radius 3 is 3.00 bits per heavy atom. The van der Waals surface area contributed by atoms with E-state index in [1.54, 1.807) is 13.4 Å². The van der Waals surface area contributed by atoms with Crippen LogP contribution in [0, 0.1) is 11.3 Å². The van der Waals surface area contributed by atoms with Gasteiger partial charge in [-0.15, -0.1) is 0 Å². The van der Waals surface area contributed by atoms with Crippen molar-refractivity contribution in [2.45, 2.75) is 19.5 Å². The molecule has 6 nitrogen and oxygen atoms in total. The van der Waals surface area contributed by atoms with Crippen molar-refractivity contribution in [1.29, 1.82) is 0 Å². The third-order valence-corrected chi connectivity index (χ3v) is 4.77. The number of nitrogens with zero attached hydrogens (tertiary/aromatic N) is 3. The van der Waals surface area contributed by atoms with E-state index in [9.17, 15) is 0 Å². The Morgan fingerprint density at radius 2 is 2.29 bits per heavy atom. The molecule has 3 atom stereocenters. The molecule has 2 aliphatic heterocycles. The van der Waals surface area contributed by atoms with E-state index >= 15 is 0 Å². The molecule has 0 aliphatic carbocycles. The van der Waals surface area contributed by atoms with Crippen LogP contribution in [0.25, 0.3) is 0 Å². The van der Waals surface area contributed by atoms with Crippen molar-refractivity contribution >= 4 is 12.2 Å². The lowest BCUT2D eigenvalue weighted by molar-refractivity contribution is 0.0678. The highest BCUT2D eigenvalue weighted by molar-refractivity contribution is 5.93. The number of likely N-dealkylation sites (tertiary alicyclic amines) is 1. The van der Waals surface area contributed by atoms with Crippen molar-refractivity contribution in [1.82, 2.24) is 15.5 Å². The Bertz CT molecular complexity index is 514. The van der Waals surface area contributed by atoms with Crippen molar-refractivity contribution in [2.75, 3.05) is 47.4 Å². The molecule has 0 saturated carbocycles. The fourth-order valence-electron chi connectivity index (χ4n) is 3.60. The lowest BCUT2D eigenvalue weighted by Gasteiger charge is -2.29. The number of amidine groups is 1. The molecule has 0 spiro atoms. The quantitative estimate of drug-likeness (QED) is 0.657. The molecule has 2 rings (SSSR count). The molecule has 0 aromatic carbocycles. The summed E-state index contributed by atoms with van der Waals surface area (Å²) in [6.45, 7) is 5.65. The van der Waals surface area contributed by atoms with E-state index < -0.39 is 0 Å². The second-order valence-corrected chi connectivity index (χ2v) is 6.67. The van der Waals surface area contributed by atoms with E-state index in [-0.39, 0.29) is 11.6 Å². The Balaban J connectivity index is 2.19. The number of hydrogen-bond donors (Lipinski definition) is 2. The number of fused-ring (bicyclic) bond motifs is 1. The van der Waals surface area contributed by atoms with Gasteiger partial charge in [0.05, 0.1) is 12.8 Å². The average Bonchev–Trinajstić information content (AvgIpc) is 2.73. The maximum Gasteiger partial charge on any atom is 0.111 e. The van der Waals surface area contributed by atoms with Gasteiger partial charge in [0.15, 0.2) is 0 Å². The zero-order valence-corrected chi connectivity index (χ0v) is 15.3. The summed E-state index contributed by atoms with van der Waals surface area (Å²) < 4.78 is 5.53. The van der Waals surface area contributed by atoms with Gasteiger partial charge in [0.25, 0.3) is 0 Å². The number of aliphatic imine (C=N–C) groups is 2.